The van der Waals surface area contributed by atoms with E-state index in [0.29, 0.717) is 23.5 Å². The molecule has 4 rings (SSSR count). The number of Topliss-reactive ketones (excluding diaryl/α,β-unsaturated/α-hetero) is 1. The zero-order chi connectivity index (χ0) is 19.2. The maximum Gasteiger partial charge on any atom is 0.306 e. The molecule has 27 heavy (non-hydrogen) atoms. The monoisotopic (exact) mass is 452 g/mol. The summed E-state index contributed by atoms with van der Waals surface area (Å²) in [6.45, 7) is 0.540. The number of fused-ring (bicyclic) bond motifs is 2. The van der Waals surface area contributed by atoms with Gasteiger partial charge < -0.3 is 18.4 Å². The summed E-state index contributed by atoms with van der Waals surface area (Å²) in [7, 11) is -3.67. The number of allylic oxidation sites excluding steroid dienone is 1. The molecule has 0 aliphatic carbocycles. The number of hydrogen-bond acceptors (Lipinski definition) is 7. The minimum Gasteiger partial charge on any atom is -0.467 e. The van der Waals surface area contributed by atoms with Crippen LogP contribution < -0.4 is 13.7 Å². The third kappa shape index (κ3) is 3.71. The highest BCUT2D eigenvalue weighted by Gasteiger charge is 2.29. The van der Waals surface area contributed by atoms with E-state index in [1.54, 1.807) is 6.08 Å². The first kappa shape index (κ1) is 18.0. The highest BCUT2D eigenvalue weighted by molar-refractivity contribution is 9.10. The van der Waals surface area contributed by atoms with Gasteiger partial charge >= 0.3 is 10.1 Å². The van der Waals surface area contributed by atoms with Gasteiger partial charge in [-0.3, -0.25) is 4.79 Å². The quantitative estimate of drug-likeness (QED) is 0.521. The fourth-order valence-corrected chi connectivity index (χ4v) is 3.83. The standard InChI is InChI=1S/C18H13BrO7S/c1-27(21,22)26-13-2-3-14-15(7-13)25-16(17(14)20)6-10-4-12(19)5-11-8-23-9-24-18(10)11/h2-7H,8-9H2,1H3/b16-6-. The normalized spacial score (nSPS) is 17.1. The highest BCUT2D eigenvalue weighted by atomic mass is 79.9. The second kappa shape index (κ2) is 6.66. The van der Waals surface area contributed by atoms with Crippen LogP contribution >= 0.6 is 15.9 Å². The number of ether oxygens (including phenoxy) is 3. The molecule has 0 saturated carbocycles. The van der Waals surface area contributed by atoms with Crippen LogP contribution in [0.5, 0.6) is 17.2 Å². The summed E-state index contributed by atoms with van der Waals surface area (Å²) < 4.78 is 44.7. The van der Waals surface area contributed by atoms with Gasteiger partial charge in [0.05, 0.1) is 18.4 Å². The zero-order valence-corrected chi connectivity index (χ0v) is 16.4. The number of hydrogen-bond donors (Lipinski definition) is 0. The Morgan fingerprint density at radius 2 is 2.04 bits per heavy atom. The largest absolute Gasteiger partial charge is 0.467 e. The van der Waals surface area contributed by atoms with Crippen molar-refractivity contribution in [3.63, 3.8) is 0 Å². The van der Waals surface area contributed by atoms with E-state index in [4.69, 9.17) is 18.4 Å². The first-order valence-electron chi connectivity index (χ1n) is 7.81. The first-order chi connectivity index (χ1) is 12.8. The average molecular weight is 453 g/mol. The molecule has 2 heterocycles. The van der Waals surface area contributed by atoms with Gasteiger partial charge in [-0.25, -0.2) is 0 Å². The maximum atomic E-state index is 12.6. The van der Waals surface area contributed by atoms with Crippen molar-refractivity contribution in [2.75, 3.05) is 13.0 Å². The van der Waals surface area contributed by atoms with Crippen LogP contribution in [0.25, 0.3) is 6.08 Å². The summed E-state index contributed by atoms with van der Waals surface area (Å²) in [5.74, 6) is 0.741. The molecule has 9 heteroatoms. The van der Waals surface area contributed by atoms with Crippen molar-refractivity contribution in [2.45, 2.75) is 6.61 Å². The fourth-order valence-electron chi connectivity index (χ4n) is 2.85. The molecule has 0 aromatic heterocycles. The van der Waals surface area contributed by atoms with Crippen molar-refractivity contribution >= 4 is 37.9 Å². The van der Waals surface area contributed by atoms with Gasteiger partial charge in [-0.1, -0.05) is 15.9 Å². The van der Waals surface area contributed by atoms with E-state index in [1.807, 2.05) is 12.1 Å². The number of halogens is 1. The molecule has 2 aromatic carbocycles. The predicted octanol–water partition coefficient (Wildman–Crippen LogP) is 3.27. The molecule has 0 unspecified atom stereocenters. The summed E-state index contributed by atoms with van der Waals surface area (Å²) >= 11 is 3.43. The van der Waals surface area contributed by atoms with E-state index in [2.05, 4.69) is 15.9 Å². The van der Waals surface area contributed by atoms with Crippen molar-refractivity contribution in [3.8, 4) is 17.2 Å². The maximum absolute atomic E-state index is 12.6. The molecule has 7 nitrogen and oxygen atoms in total. The number of ketones is 1. The van der Waals surface area contributed by atoms with Crippen LogP contribution in [-0.2, 0) is 21.5 Å². The lowest BCUT2D eigenvalue weighted by Gasteiger charge is -2.20. The van der Waals surface area contributed by atoms with Gasteiger partial charge in [-0.2, -0.15) is 8.42 Å². The minimum absolute atomic E-state index is 0.0746. The van der Waals surface area contributed by atoms with E-state index in [1.165, 1.54) is 18.2 Å². The Kier molecular flexibility index (Phi) is 4.45. The topological polar surface area (TPSA) is 88.1 Å². The molecule has 0 bridgehead atoms. The Labute approximate surface area is 163 Å². The van der Waals surface area contributed by atoms with E-state index in [9.17, 15) is 13.2 Å². The Morgan fingerprint density at radius 1 is 1.22 bits per heavy atom. The lowest BCUT2D eigenvalue weighted by Crippen LogP contribution is -2.12. The predicted molar refractivity (Wildman–Crippen MR) is 99.3 cm³/mol. The van der Waals surface area contributed by atoms with Gasteiger partial charge in [-0.05, 0) is 30.3 Å². The molecular formula is C18H13BrO7S. The summed E-state index contributed by atoms with van der Waals surface area (Å²) in [5, 5.41) is 0. The smallest absolute Gasteiger partial charge is 0.306 e. The molecule has 2 aliphatic heterocycles. The molecular weight excluding hydrogens is 440 g/mol. The van der Waals surface area contributed by atoms with Crippen molar-refractivity contribution in [2.24, 2.45) is 0 Å². The van der Waals surface area contributed by atoms with Crippen LogP contribution in [0.1, 0.15) is 21.5 Å². The Balaban J connectivity index is 1.70. The van der Waals surface area contributed by atoms with Crippen LogP contribution in [0.4, 0.5) is 0 Å². The van der Waals surface area contributed by atoms with Crippen molar-refractivity contribution < 1.29 is 31.6 Å². The molecule has 140 valence electrons. The number of benzene rings is 2. The van der Waals surface area contributed by atoms with Gasteiger partial charge in [-0.15, -0.1) is 0 Å². The zero-order valence-electron chi connectivity index (χ0n) is 14.0. The van der Waals surface area contributed by atoms with E-state index >= 15 is 0 Å². The summed E-state index contributed by atoms with van der Waals surface area (Å²) in [6, 6.07) is 7.95. The summed E-state index contributed by atoms with van der Waals surface area (Å²) in [6.07, 6.45) is 2.53. The van der Waals surface area contributed by atoms with E-state index in [-0.39, 0.29) is 29.8 Å². The first-order valence-corrected chi connectivity index (χ1v) is 10.4. The molecule has 2 aromatic rings. The molecule has 0 amide bonds. The van der Waals surface area contributed by atoms with Crippen molar-refractivity contribution in [1.29, 1.82) is 0 Å². The summed E-state index contributed by atoms with van der Waals surface area (Å²) in [4.78, 5) is 12.6. The summed E-state index contributed by atoms with van der Waals surface area (Å²) in [5.41, 5.74) is 1.86. The van der Waals surface area contributed by atoms with Crippen LogP contribution in [0.3, 0.4) is 0 Å². The van der Waals surface area contributed by atoms with Crippen LogP contribution in [0, 0.1) is 0 Å². The second-order valence-corrected chi connectivity index (χ2v) is 8.47. The number of carbonyl (C=O) groups is 1. The molecule has 0 saturated heterocycles. The number of carbonyl (C=O) groups excluding carboxylic acids is 1. The van der Waals surface area contributed by atoms with E-state index < -0.39 is 10.1 Å². The van der Waals surface area contributed by atoms with Crippen molar-refractivity contribution in [3.05, 3.63) is 57.3 Å². The van der Waals surface area contributed by atoms with Crippen LogP contribution in [0.15, 0.2) is 40.6 Å². The van der Waals surface area contributed by atoms with Crippen molar-refractivity contribution in [1.82, 2.24) is 0 Å². The van der Waals surface area contributed by atoms with Gasteiger partial charge in [0, 0.05) is 21.7 Å². The third-order valence-corrected chi connectivity index (χ3v) is 4.83. The molecule has 0 fully saturated rings. The Bertz CT molecular complexity index is 1090. The minimum atomic E-state index is -3.67. The molecule has 2 aliphatic rings. The van der Waals surface area contributed by atoms with Gasteiger partial charge in [0.1, 0.15) is 17.2 Å². The Hall–Kier alpha value is -2.36. The third-order valence-electron chi connectivity index (χ3n) is 3.88. The second-order valence-electron chi connectivity index (χ2n) is 5.98. The van der Waals surface area contributed by atoms with Gasteiger partial charge in [0.25, 0.3) is 0 Å². The Morgan fingerprint density at radius 3 is 2.81 bits per heavy atom. The highest BCUT2D eigenvalue weighted by Crippen LogP contribution is 2.38. The van der Waals surface area contributed by atoms with Gasteiger partial charge in [0.2, 0.25) is 5.78 Å². The molecule has 0 spiro atoms. The van der Waals surface area contributed by atoms with Gasteiger partial charge in [0.15, 0.2) is 12.6 Å². The van der Waals surface area contributed by atoms with E-state index in [0.717, 1.165) is 16.3 Å². The lowest BCUT2D eigenvalue weighted by molar-refractivity contribution is -0.0165. The van der Waals surface area contributed by atoms with Crippen LogP contribution in [-0.4, -0.2) is 27.2 Å². The molecule has 0 atom stereocenters. The number of rotatable bonds is 3. The molecule has 0 radical (unpaired) electrons. The lowest BCUT2D eigenvalue weighted by atomic mass is 10.1. The van der Waals surface area contributed by atoms with Crippen LogP contribution in [0.2, 0.25) is 0 Å². The average Bonchev–Trinajstić information content (AvgIpc) is 2.88. The SMILES string of the molecule is CS(=O)(=O)Oc1ccc2c(c1)O/C(=C\c1cc(Br)cc3c1OCOC3)C2=O. The fraction of sp³-hybridized carbons (Fsp3) is 0.167. The molecule has 0 N–H and O–H groups in total.